The highest BCUT2D eigenvalue weighted by molar-refractivity contribution is 5.98. The first-order chi connectivity index (χ1) is 25.3. The van der Waals surface area contributed by atoms with Crippen LogP contribution in [0, 0.1) is 5.92 Å². The molecule has 9 nitrogen and oxygen atoms in total. The van der Waals surface area contributed by atoms with Gasteiger partial charge in [0.1, 0.15) is 17.9 Å². The van der Waals surface area contributed by atoms with Crippen LogP contribution in [0.15, 0.2) is 116 Å². The summed E-state index contributed by atoms with van der Waals surface area (Å²) in [4.78, 5) is 44.9. The number of phenols is 1. The lowest BCUT2D eigenvalue weighted by Crippen LogP contribution is -2.59. The number of rotatable bonds is 7. The van der Waals surface area contributed by atoms with Gasteiger partial charge in [0.15, 0.2) is 0 Å². The van der Waals surface area contributed by atoms with Crippen LogP contribution in [0.4, 0.5) is 5.69 Å². The van der Waals surface area contributed by atoms with Crippen LogP contribution in [-0.4, -0.2) is 45.5 Å². The molecule has 2 amide bonds. The van der Waals surface area contributed by atoms with Crippen molar-refractivity contribution in [1.82, 2.24) is 10.2 Å². The zero-order valence-electron chi connectivity index (χ0n) is 29.1. The topological polar surface area (TPSA) is 128 Å². The van der Waals surface area contributed by atoms with E-state index in [0.717, 1.165) is 47.9 Å². The smallest absolute Gasteiger partial charge is 0.324 e. The average Bonchev–Trinajstić information content (AvgIpc) is 3.37. The van der Waals surface area contributed by atoms with Crippen molar-refractivity contribution in [1.29, 1.82) is 0 Å². The van der Waals surface area contributed by atoms with Crippen molar-refractivity contribution in [3.05, 3.63) is 144 Å². The van der Waals surface area contributed by atoms with E-state index in [1.54, 1.807) is 30.3 Å². The van der Waals surface area contributed by atoms with Gasteiger partial charge in [-0.05, 0) is 64.9 Å². The lowest BCUT2D eigenvalue weighted by Gasteiger charge is -2.50. The number of ether oxygens (including phenoxy) is 1. The number of carbonyl (C=O) groups excluding carboxylic acids is 3. The van der Waals surface area contributed by atoms with E-state index in [0.29, 0.717) is 24.1 Å². The van der Waals surface area contributed by atoms with Gasteiger partial charge in [0, 0.05) is 18.7 Å². The molecule has 0 bridgehead atoms. The Bertz CT molecular complexity index is 1910. The van der Waals surface area contributed by atoms with Gasteiger partial charge >= 0.3 is 5.97 Å². The molecule has 0 aromatic heterocycles. The van der Waals surface area contributed by atoms with Gasteiger partial charge < -0.3 is 25.6 Å². The predicted molar refractivity (Wildman–Crippen MR) is 198 cm³/mol. The Morgan fingerprint density at radius 3 is 2.17 bits per heavy atom. The first-order valence-electron chi connectivity index (χ1n) is 18.2. The third kappa shape index (κ3) is 6.98. The molecule has 5 atom stereocenters. The monoisotopic (exact) mass is 699 g/mol. The van der Waals surface area contributed by atoms with Gasteiger partial charge in [0.25, 0.3) is 0 Å². The number of amides is 2. The molecule has 268 valence electrons. The molecule has 3 aliphatic rings. The SMILES string of the molecule is C=CCNC(=O)[C@@H]1CC(=O)Nc2ccc(C3(O)CCCCCC3)cc2[C@H](c2ccc(O)cc2)N2[C@H](c3ccccc3)[C@H](c3ccccc3)OC(=O)[C@@H]12. The molecule has 1 saturated heterocycles. The fourth-order valence-corrected chi connectivity index (χ4v) is 8.31. The Hall–Kier alpha value is -5.25. The highest BCUT2D eigenvalue weighted by Gasteiger charge is 2.54. The first-order valence-corrected chi connectivity index (χ1v) is 18.2. The van der Waals surface area contributed by atoms with Crippen molar-refractivity contribution >= 4 is 23.5 Å². The van der Waals surface area contributed by atoms with Gasteiger partial charge in [-0.3, -0.25) is 19.3 Å². The number of benzene rings is 4. The van der Waals surface area contributed by atoms with Gasteiger partial charge in [0.2, 0.25) is 11.8 Å². The summed E-state index contributed by atoms with van der Waals surface area (Å²) in [5.41, 5.74) is 3.17. The van der Waals surface area contributed by atoms with Crippen LogP contribution in [-0.2, 0) is 24.7 Å². The number of anilines is 1. The minimum absolute atomic E-state index is 0.0694. The Kier molecular flexibility index (Phi) is 10.2. The molecule has 52 heavy (non-hydrogen) atoms. The third-order valence-electron chi connectivity index (χ3n) is 10.8. The molecule has 0 unspecified atom stereocenters. The molecule has 7 rings (SSSR count). The normalized spacial score (nSPS) is 24.7. The lowest BCUT2D eigenvalue weighted by molar-refractivity contribution is -0.185. The van der Waals surface area contributed by atoms with E-state index in [9.17, 15) is 24.6 Å². The number of morpholine rings is 1. The summed E-state index contributed by atoms with van der Waals surface area (Å²) in [7, 11) is 0. The zero-order valence-corrected chi connectivity index (χ0v) is 29.1. The summed E-state index contributed by atoms with van der Waals surface area (Å²) in [6.45, 7) is 3.89. The van der Waals surface area contributed by atoms with Crippen LogP contribution in [0.5, 0.6) is 5.75 Å². The molecular formula is C43H45N3O6. The van der Waals surface area contributed by atoms with Crippen molar-refractivity contribution in [3.8, 4) is 5.75 Å². The maximum Gasteiger partial charge on any atom is 0.324 e. The summed E-state index contributed by atoms with van der Waals surface area (Å²) >= 11 is 0. The second-order valence-electron chi connectivity index (χ2n) is 14.2. The number of carbonyl (C=O) groups is 3. The lowest BCUT2D eigenvalue weighted by atomic mass is 9.80. The van der Waals surface area contributed by atoms with Crippen LogP contribution in [0.3, 0.4) is 0 Å². The maximum absolute atomic E-state index is 14.7. The summed E-state index contributed by atoms with van der Waals surface area (Å²) in [6.07, 6.45) is 5.57. The molecule has 2 aliphatic heterocycles. The number of phenolic OH excluding ortho intramolecular Hbond substituents is 1. The second kappa shape index (κ2) is 15.2. The number of aromatic hydroxyl groups is 1. The highest BCUT2D eigenvalue weighted by Crippen LogP contribution is 2.52. The summed E-state index contributed by atoms with van der Waals surface area (Å²) in [5.74, 6) is -2.61. The largest absolute Gasteiger partial charge is 0.508 e. The van der Waals surface area contributed by atoms with E-state index in [1.165, 1.54) is 0 Å². The summed E-state index contributed by atoms with van der Waals surface area (Å²) in [5, 5.41) is 28.6. The molecule has 0 radical (unpaired) electrons. The number of hydrogen-bond donors (Lipinski definition) is 4. The molecule has 1 saturated carbocycles. The standard InChI is InChI=1S/C43H45N3O6/c1-2-25-44-41(49)34-27-36(48)45-35-22-19-31(43(51)23-11-3-4-12-24-43)26-33(35)37(29-17-20-32(47)21-18-29)46-38(28-13-7-5-8-14-28)40(52-42(50)39(34)46)30-15-9-6-10-16-30/h2,5-10,13-22,26,34,37-40,47,51H,1,3-4,11-12,23-25,27H2,(H,44,49)(H,45,48)/t34-,37+,38-,39-,40+/m1/s1. The number of fused-ring (bicyclic) bond motifs is 2. The third-order valence-corrected chi connectivity index (χ3v) is 10.8. The number of nitrogens with zero attached hydrogens (tertiary/aromatic N) is 1. The maximum atomic E-state index is 14.7. The van der Waals surface area contributed by atoms with Crippen LogP contribution in [0.25, 0.3) is 0 Å². The average molecular weight is 700 g/mol. The minimum atomic E-state index is -1.21. The van der Waals surface area contributed by atoms with E-state index in [1.807, 2.05) is 83.8 Å². The predicted octanol–water partition coefficient (Wildman–Crippen LogP) is 6.99. The van der Waals surface area contributed by atoms with Crippen molar-refractivity contribution in [3.63, 3.8) is 0 Å². The molecule has 2 fully saturated rings. The van der Waals surface area contributed by atoms with Gasteiger partial charge in [-0.15, -0.1) is 6.58 Å². The number of cyclic esters (lactones) is 1. The number of hydrogen-bond acceptors (Lipinski definition) is 7. The van der Waals surface area contributed by atoms with Crippen molar-refractivity contribution in [2.75, 3.05) is 11.9 Å². The van der Waals surface area contributed by atoms with E-state index in [2.05, 4.69) is 17.2 Å². The van der Waals surface area contributed by atoms with Crippen molar-refractivity contribution < 1.29 is 29.3 Å². The van der Waals surface area contributed by atoms with Crippen LogP contribution >= 0.6 is 0 Å². The molecule has 1 aliphatic carbocycles. The van der Waals surface area contributed by atoms with Crippen LogP contribution in [0.1, 0.15) is 91.0 Å². The number of nitrogens with one attached hydrogen (secondary N) is 2. The van der Waals surface area contributed by atoms with E-state index in [4.69, 9.17) is 4.74 Å². The Labute approximate surface area is 304 Å². The van der Waals surface area contributed by atoms with Gasteiger partial charge in [0.05, 0.1) is 23.6 Å². The molecular weight excluding hydrogens is 654 g/mol. The molecule has 9 heteroatoms. The van der Waals surface area contributed by atoms with Crippen LogP contribution < -0.4 is 10.6 Å². The van der Waals surface area contributed by atoms with Crippen molar-refractivity contribution in [2.24, 2.45) is 5.92 Å². The molecule has 2 heterocycles. The van der Waals surface area contributed by atoms with Gasteiger partial charge in [-0.1, -0.05) is 111 Å². The molecule has 4 aromatic carbocycles. The zero-order chi connectivity index (χ0) is 36.2. The fraction of sp³-hybridized carbons (Fsp3) is 0.326. The van der Waals surface area contributed by atoms with Gasteiger partial charge in [-0.2, -0.15) is 0 Å². The van der Waals surface area contributed by atoms with Gasteiger partial charge in [-0.25, -0.2) is 0 Å². The quantitative estimate of drug-likeness (QED) is 0.0930. The second-order valence-corrected chi connectivity index (χ2v) is 14.2. The van der Waals surface area contributed by atoms with Crippen LogP contribution in [0.2, 0.25) is 0 Å². The highest BCUT2D eigenvalue weighted by atomic mass is 16.6. The summed E-state index contributed by atoms with van der Waals surface area (Å²) in [6, 6.07) is 29.2. The molecule has 4 aromatic rings. The Morgan fingerprint density at radius 2 is 1.52 bits per heavy atom. The first kappa shape index (κ1) is 35.2. The van der Waals surface area contributed by atoms with E-state index in [-0.39, 0.29) is 18.7 Å². The number of esters is 1. The summed E-state index contributed by atoms with van der Waals surface area (Å²) < 4.78 is 6.41. The van der Waals surface area contributed by atoms with E-state index < -0.39 is 53.5 Å². The molecule has 0 spiro atoms. The number of aliphatic hydroxyl groups is 1. The van der Waals surface area contributed by atoms with Crippen molar-refractivity contribution in [2.45, 2.75) is 74.8 Å². The molecule has 4 N–H and O–H groups in total. The Morgan fingerprint density at radius 1 is 0.865 bits per heavy atom. The van der Waals surface area contributed by atoms with E-state index >= 15 is 0 Å². The fourth-order valence-electron chi connectivity index (χ4n) is 8.31. The Balaban J connectivity index is 1.53. The minimum Gasteiger partial charge on any atom is -0.508 e.